The Bertz CT molecular complexity index is 584. The molecule has 2 aliphatic heterocycles. The standard InChI is InChI=1S/C19H24O4S/c1-19(2)22-15-13-24-16(18(15)23-19)10-6-7-11-17(20)21-12-14-8-4-3-5-9-14/h3-5,7-9,11,15-16,18H,6,10,12-13H2,1-2H3/b11-7+/t15-,16-,18-/m0/s1. The molecular weight excluding hydrogens is 324 g/mol. The molecule has 2 fully saturated rings. The van der Waals surface area contributed by atoms with Crippen LogP contribution in [0.3, 0.4) is 0 Å². The molecular formula is C19H24O4S. The highest BCUT2D eigenvalue weighted by Crippen LogP contribution is 2.42. The van der Waals surface area contributed by atoms with E-state index in [9.17, 15) is 4.79 Å². The number of thioether (sulfide) groups is 1. The van der Waals surface area contributed by atoms with Crippen molar-refractivity contribution in [3.05, 3.63) is 48.0 Å². The summed E-state index contributed by atoms with van der Waals surface area (Å²) < 4.78 is 17.1. The number of carbonyl (C=O) groups is 1. The van der Waals surface area contributed by atoms with Crippen LogP contribution in [0.25, 0.3) is 0 Å². The highest BCUT2D eigenvalue weighted by molar-refractivity contribution is 8.00. The van der Waals surface area contributed by atoms with E-state index in [4.69, 9.17) is 14.2 Å². The lowest BCUT2D eigenvalue weighted by atomic mass is 10.1. The summed E-state index contributed by atoms with van der Waals surface area (Å²) in [6, 6.07) is 9.69. The molecule has 0 amide bonds. The summed E-state index contributed by atoms with van der Waals surface area (Å²) >= 11 is 1.90. The Labute approximate surface area is 147 Å². The van der Waals surface area contributed by atoms with Crippen molar-refractivity contribution in [1.82, 2.24) is 0 Å². The van der Waals surface area contributed by atoms with Crippen LogP contribution < -0.4 is 0 Å². The molecule has 0 aromatic heterocycles. The number of ether oxygens (including phenoxy) is 3. The van der Waals surface area contributed by atoms with Gasteiger partial charge in [-0.25, -0.2) is 4.79 Å². The van der Waals surface area contributed by atoms with Crippen LogP contribution in [0.1, 0.15) is 32.3 Å². The van der Waals surface area contributed by atoms with Crippen LogP contribution in [0.15, 0.2) is 42.5 Å². The summed E-state index contributed by atoms with van der Waals surface area (Å²) in [5.41, 5.74) is 0.994. The van der Waals surface area contributed by atoms with Gasteiger partial charge in [-0.3, -0.25) is 0 Å². The number of allylic oxidation sites excluding steroid dienone is 1. The van der Waals surface area contributed by atoms with Gasteiger partial charge in [0.25, 0.3) is 0 Å². The van der Waals surface area contributed by atoms with Crippen LogP contribution >= 0.6 is 11.8 Å². The maximum Gasteiger partial charge on any atom is 0.330 e. The zero-order chi connectivity index (χ0) is 17.0. The molecule has 0 unspecified atom stereocenters. The number of hydrogen-bond donors (Lipinski definition) is 0. The zero-order valence-electron chi connectivity index (χ0n) is 14.1. The van der Waals surface area contributed by atoms with Crippen LogP contribution in [0.5, 0.6) is 0 Å². The molecule has 4 nitrogen and oxygen atoms in total. The van der Waals surface area contributed by atoms with Gasteiger partial charge in [0.2, 0.25) is 0 Å². The van der Waals surface area contributed by atoms with Gasteiger partial charge in [0, 0.05) is 17.1 Å². The molecule has 130 valence electrons. The molecule has 5 heteroatoms. The minimum Gasteiger partial charge on any atom is -0.458 e. The van der Waals surface area contributed by atoms with Crippen molar-refractivity contribution in [3.63, 3.8) is 0 Å². The summed E-state index contributed by atoms with van der Waals surface area (Å²) in [5.74, 6) is 0.227. The molecule has 2 aliphatic rings. The molecule has 3 rings (SSSR count). The van der Waals surface area contributed by atoms with Gasteiger partial charge in [-0.1, -0.05) is 36.4 Å². The molecule has 2 heterocycles. The predicted molar refractivity (Wildman–Crippen MR) is 94.7 cm³/mol. The third-order valence-corrected chi connectivity index (χ3v) is 5.61. The minimum absolute atomic E-state index is 0.170. The first kappa shape index (κ1) is 17.5. The number of rotatable bonds is 6. The zero-order valence-corrected chi connectivity index (χ0v) is 15.0. The Morgan fingerprint density at radius 1 is 1.33 bits per heavy atom. The summed E-state index contributed by atoms with van der Waals surface area (Å²) in [6.45, 7) is 4.25. The van der Waals surface area contributed by atoms with Crippen LogP contribution in [-0.4, -0.2) is 35.0 Å². The predicted octanol–water partition coefficient (Wildman–Crippen LogP) is 3.70. The average Bonchev–Trinajstić information content (AvgIpc) is 3.06. The minimum atomic E-state index is -0.467. The van der Waals surface area contributed by atoms with Gasteiger partial charge in [-0.05, 0) is 32.3 Å². The van der Waals surface area contributed by atoms with Crippen molar-refractivity contribution in [1.29, 1.82) is 0 Å². The smallest absolute Gasteiger partial charge is 0.330 e. The topological polar surface area (TPSA) is 44.8 Å². The van der Waals surface area contributed by atoms with Crippen molar-refractivity contribution in [2.45, 2.75) is 56.5 Å². The van der Waals surface area contributed by atoms with Crippen molar-refractivity contribution < 1.29 is 19.0 Å². The Hall–Kier alpha value is -1.30. The number of esters is 1. The molecule has 1 aromatic rings. The fourth-order valence-corrected chi connectivity index (χ4v) is 4.50. The first-order valence-corrected chi connectivity index (χ1v) is 9.43. The van der Waals surface area contributed by atoms with Crippen LogP contribution in [-0.2, 0) is 25.6 Å². The van der Waals surface area contributed by atoms with Gasteiger partial charge in [0.15, 0.2) is 5.79 Å². The van der Waals surface area contributed by atoms with E-state index in [1.54, 1.807) is 0 Å². The summed E-state index contributed by atoms with van der Waals surface area (Å²) in [7, 11) is 0. The molecule has 2 saturated heterocycles. The maximum absolute atomic E-state index is 11.7. The molecule has 0 aliphatic carbocycles. The van der Waals surface area contributed by atoms with E-state index in [0.717, 1.165) is 24.2 Å². The van der Waals surface area contributed by atoms with E-state index < -0.39 is 5.79 Å². The van der Waals surface area contributed by atoms with Gasteiger partial charge in [-0.15, -0.1) is 0 Å². The molecule has 0 bridgehead atoms. The number of hydrogen-bond acceptors (Lipinski definition) is 5. The van der Waals surface area contributed by atoms with Crippen molar-refractivity contribution in [2.75, 3.05) is 5.75 Å². The molecule has 24 heavy (non-hydrogen) atoms. The van der Waals surface area contributed by atoms with Crippen LogP contribution in [0.4, 0.5) is 0 Å². The third kappa shape index (κ3) is 4.62. The van der Waals surface area contributed by atoms with Gasteiger partial charge in [-0.2, -0.15) is 11.8 Å². The van der Waals surface area contributed by atoms with E-state index in [1.165, 1.54) is 6.08 Å². The normalized spacial score (nSPS) is 28.2. The van der Waals surface area contributed by atoms with Crippen molar-refractivity contribution >= 4 is 17.7 Å². The Morgan fingerprint density at radius 2 is 2.12 bits per heavy atom. The SMILES string of the molecule is CC1(C)O[C@H]2[C@H](CS[C@H]2CC/C=C/C(=O)OCc2ccccc2)O1. The number of benzene rings is 1. The quantitative estimate of drug-likeness (QED) is 0.579. The molecule has 0 saturated carbocycles. The highest BCUT2D eigenvalue weighted by atomic mass is 32.2. The first-order valence-electron chi connectivity index (χ1n) is 8.38. The molecule has 0 radical (unpaired) electrons. The monoisotopic (exact) mass is 348 g/mol. The van der Waals surface area contributed by atoms with Gasteiger partial charge >= 0.3 is 5.97 Å². The summed E-state index contributed by atoms with van der Waals surface area (Å²) in [6.07, 6.45) is 5.61. The van der Waals surface area contributed by atoms with E-state index in [2.05, 4.69) is 0 Å². The highest BCUT2D eigenvalue weighted by Gasteiger charge is 2.48. The van der Waals surface area contributed by atoms with E-state index in [1.807, 2.05) is 62.0 Å². The maximum atomic E-state index is 11.7. The van der Waals surface area contributed by atoms with Gasteiger partial charge in [0.1, 0.15) is 6.61 Å². The second kappa shape index (κ2) is 7.72. The number of fused-ring (bicyclic) bond motifs is 1. The number of carbonyl (C=O) groups excluding carboxylic acids is 1. The average molecular weight is 348 g/mol. The van der Waals surface area contributed by atoms with E-state index in [0.29, 0.717) is 11.9 Å². The fourth-order valence-electron chi connectivity index (χ4n) is 3.08. The Balaban J connectivity index is 1.37. The molecule has 3 atom stereocenters. The van der Waals surface area contributed by atoms with Crippen molar-refractivity contribution in [3.8, 4) is 0 Å². The van der Waals surface area contributed by atoms with Gasteiger partial charge in [0.05, 0.1) is 12.2 Å². The van der Waals surface area contributed by atoms with Crippen LogP contribution in [0, 0.1) is 0 Å². The fraction of sp³-hybridized carbons (Fsp3) is 0.526. The second-order valence-electron chi connectivity index (χ2n) is 6.58. The van der Waals surface area contributed by atoms with E-state index >= 15 is 0 Å². The lowest BCUT2D eigenvalue weighted by Crippen LogP contribution is -2.27. The summed E-state index contributed by atoms with van der Waals surface area (Å²) in [5, 5.41) is 0.432. The molecule has 1 aromatic carbocycles. The Kier molecular flexibility index (Phi) is 5.64. The van der Waals surface area contributed by atoms with Crippen molar-refractivity contribution in [2.24, 2.45) is 0 Å². The largest absolute Gasteiger partial charge is 0.458 e. The lowest BCUT2D eigenvalue weighted by molar-refractivity contribution is -0.145. The molecule has 0 spiro atoms. The Morgan fingerprint density at radius 3 is 2.92 bits per heavy atom. The third-order valence-electron chi connectivity index (χ3n) is 4.16. The first-order chi connectivity index (χ1) is 11.5. The van der Waals surface area contributed by atoms with E-state index in [-0.39, 0.29) is 18.2 Å². The van der Waals surface area contributed by atoms with Crippen LogP contribution in [0.2, 0.25) is 0 Å². The molecule has 0 N–H and O–H groups in total. The lowest BCUT2D eigenvalue weighted by Gasteiger charge is -2.21. The van der Waals surface area contributed by atoms with Gasteiger partial charge < -0.3 is 14.2 Å². The second-order valence-corrected chi connectivity index (χ2v) is 7.86. The summed E-state index contributed by atoms with van der Waals surface area (Å²) in [4.78, 5) is 11.7.